The van der Waals surface area contributed by atoms with Crippen LogP contribution < -0.4 is 28.1 Å². The molecule has 4 atom stereocenters. The Morgan fingerprint density at radius 3 is 2.56 bits per heavy atom. The van der Waals surface area contributed by atoms with E-state index in [-0.39, 0.29) is 24.8 Å². The summed E-state index contributed by atoms with van der Waals surface area (Å²) in [5.74, 6) is 1.53. The monoisotopic (exact) mass is 472 g/mol. The molecule has 4 unspecified atom stereocenters. The first kappa shape index (κ1) is 21.4. The molecule has 0 heterocycles. The number of nitrogens with one attached hydrogen (secondary N) is 1. The molecule has 2 fully saturated rings. The second-order valence-electron chi connectivity index (χ2n) is 7.85. The molecule has 3 aliphatic rings. The fraction of sp³-hybridized carbons (Fsp3) is 0.526. The van der Waals surface area contributed by atoms with E-state index in [9.17, 15) is 4.79 Å². The number of hydrogen-bond donors (Lipinski definition) is 1. The van der Waals surface area contributed by atoms with E-state index in [0.29, 0.717) is 21.4 Å². The van der Waals surface area contributed by atoms with Crippen molar-refractivity contribution in [2.45, 2.75) is 42.4 Å². The normalized spacial score (nSPS) is 28.3. The van der Waals surface area contributed by atoms with Crippen LogP contribution in [0.4, 0.5) is 0 Å². The SMILES string of the molecule is C[SiH](C)[Zr+2]([NH]C(=O)C1CC2CCC1C2)[CH]1C=Cc2ccccc21.[Cl-].[Cl-]. The summed E-state index contributed by atoms with van der Waals surface area (Å²) in [5.41, 5.74) is 2.86. The molecule has 0 aromatic heterocycles. The molecule has 4 rings (SSSR count). The summed E-state index contributed by atoms with van der Waals surface area (Å²) in [6.45, 7) is 4.90. The molecule has 0 spiro atoms. The Balaban J connectivity index is 0.00000113. The van der Waals surface area contributed by atoms with Gasteiger partial charge in [-0.2, -0.15) is 0 Å². The van der Waals surface area contributed by atoms with Gasteiger partial charge in [0, 0.05) is 0 Å². The molecule has 2 nitrogen and oxygen atoms in total. The molecule has 1 aromatic rings. The van der Waals surface area contributed by atoms with Crippen molar-refractivity contribution in [3.63, 3.8) is 0 Å². The zero-order chi connectivity index (χ0) is 16.0. The van der Waals surface area contributed by atoms with Crippen molar-refractivity contribution in [1.82, 2.24) is 3.26 Å². The molecule has 1 N–H and O–H groups in total. The van der Waals surface area contributed by atoms with Gasteiger partial charge in [0.05, 0.1) is 0 Å². The van der Waals surface area contributed by atoms with Crippen LogP contribution >= 0.6 is 0 Å². The van der Waals surface area contributed by atoms with Crippen molar-refractivity contribution in [3.05, 3.63) is 41.5 Å². The predicted octanol–water partition coefficient (Wildman–Crippen LogP) is -2.17. The average molecular weight is 475 g/mol. The third-order valence-corrected chi connectivity index (χ3v) is 23.7. The molecule has 25 heavy (non-hydrogen) atoms. The van der Waals surface area contributed by atoms with Gasteiger partial charge in [0.1, 0.15) is 0 Å². The number of amides is 1. The average Bonchev–Trinajstić information content (AvgIpc) is 3.27. The maximum atomic E-state index is 13.0. The second-order valence-corrected chi connectivity index (χ2v) is 26.7. The van der Waals surface area contributed by atoms with Gasteiger partial charge in [-0.3, -0.25) is 0 Å². The molecule has 0 radical (unpaired) electrons. The Morgan fingerprint density at radius 2 is 1.92 bits per heavy atom. The Hall–Kier alpha value is 0.110. The molecule has 1 aromatic carbocycles. The maximum absolute atomic E-state index is 13.0. The van der Waals surface area contributed by atoms with E-state index >= 15 is 0 Å². The summed E-state index contributed by atoms with van der Waals surface area (Å²) in [5, 5.41) is 0. The van der Waals surface area contributed by atoms with E-state index in [1.54, 1.807) is 0 Å². The Morgan fingerprint density at radius 1 is 1.16 bits per heavy atom. The topological polar surface area (TPSA) is 29.1 Å². The van der Waals surface area contributed by atoms with Crippen molar-refractivity contribution >= 4 is 17.9 Å². The van der Waals surface area contributed by atoms with Crippen molar-refractivity contribution in [2.75, 3.05) is 0 Å². The third kappa shape index (κ3) is 4.18. The van der Waals surface area contributed by atoms with E-state index in [2.05, 4.69) is 52.8 Å². The molecular weight excluding hydrogens is 448 g/mol. The standard InChI is InChI=1S/C9H7.C8H13NO.C2H7Si.2ClH.Zr/c1-2-5-9-7-3-6-8(9)4-1;9-8(10)7-4-5-1-2-6(7)3-5;1-3-2;;;/h1-7H;5-7H,1-4H2,(H2,9,10);3H,1-2H3;2*1H;/q;;;;;+3/p-3. The van der Waals surface area contributed by atoms with Gasteiger partial charge >= 0.3 is 149 Å². The van der Waals surface area contributed by atoms with Gasteiger partial charge in [0.2, 0.25) is 0 Å². The number of halogens is 2. The summed E-state index contributed by atoms with van der Waals surface area (Å²) >= 11 is -1.95. The summed E-state index contributed by atoms with van der Waals surface area (Å²) in [6.07, 6.45) is 9.84. The zero-order valence-corrected chi connectivity index (χ0v) is 20.0. The minimum absolute atomic E-state index is 0. The van der Waals surface area contributed by atoms with Crippen LogP contribution in [0.3, 0.4) is 0 Å². The van der Waals surface area contributed by atoms with Crippen LogP contribution in [-0.2, 0) is 26.0 Å². The molecular formula is C19H26Cl2NOSiZr. The van der Waals surface area contributed by atoms with Crippen molar-refractivity contribution < 1.29 is 50.8 Å². The Kier molecular flexibility index (Phi) is 7.59. The smallest absolute Gasteiger partial charge is 1.00 e. The van der Waals surface area contributed by atoms with Gasteiger partial charge in [0.25, 0.3) is 0 Å². The molecule has 3 aliphatic carbocycles. The Bertz CT molecular complexity index is 654. The van der Waals surface area contributed by atoms with Gasteiger partial charge in [-0.25, -0.2) is 0 Å². The number of allylic oxidation sites excluding steroid dienone is 1. The van der Waals surface area contributed by atoms with E-state index in [4.69, 9.17) is 0 Å². The maximum Gasteiger partial charge on any atom is -1.00 e. The fourth-order valence-corrected chi connectivity index (χ4v) is 19.6. The summed E-state index contributed by atoms with van der Waals surface area (Å²) in [7, 11) is 0. The van der Waals surface area contributed by atoms with Gasteiger partial charge < -0.3 is 24.8 Å². The molecule has 0 saturated heterocycles. The fourth-order valence-electron chi connectivity index (χ4n) is 4.90. The number of benzene rings is 1. The van der Waals surface area contributed by atoms with Gasteiger partial charge in [-0.15, -0.1) is 0 Å². The van der Waals surface area contributed by atoms with Crippen LogP contribution in [0, 0.1) is 17.8 Å². The van der Waals surface area contributed by atoms with Crippen LogP contribution in [0.15, 0.2) is 30.3 Å². The number of carbonyl (C=O) groups excluding carboxylic acids is 1. The summed E-state index contributed by atoms with van der Waals surface area (Å²) in [4.78, 5) is 13.0. The van der Waals surface area contributed by atoms with Gasteiger partial charge in [-0.1, -0.05) is 0 Å². The van der Waals surface area contributed by atoms with E-state index in [1.165, 1.54) is 36.8 Å². The molecule has 0 aliphatic heterocycles. The minimum Gasteiger partial charge on any atom is -1.00 e. The molecule has 135 valence electrons. The predicted molar refractivity (Wildman–Crippen MR) is 94.2 cm³/mol. The first-order chi connectivity index (χ1) is 11.1. The van der Waals surface area contributed by atoms with Crippen molar-refractivity contribution in [1.29, 1.82) is 0 Å². The van der Waals surface area contributed by atoms with Crippen molar-refractivity contribution in [2.24, 2.45) is 17.8 Å². The first-order valence-electron chi connectivity index (χ1n) is 9.08. The van der Waals surface area contributed by atoms with E-state index < -0.39 is 27.1 Å². The first-order valence-corrected chi connectivity index (χ1v) is 18.9. The number of rotatable bonds is 4. The number of carbonyl (C=O) groups is 1. The van der Waals surface area contributed by atoms with Crippen LogP contribution in [0.1, 0.15) is 40.4 Å². The number of fused-ring (bicyclic) bond motifs is 3. The van der Waals surface area contributed by atoms with E-state index in [1.807, 2.05) is 0 Å². The molecule has 2 bridgehead atoms. The third-order valence-electron chi connectivity index (χ3n) is 6.10. The van der Waals surface area contributed by atoms with Crippen LogP contribution in [-0.4, -0.2) is 11.8 Å². The van der Waals surface area contributed by atoms with Gasteiger partial charge in [-0.05, 0) is 0 Å². The summed E-state index contributed by atoms with van der Waals surface area (Å²) in [6, 6.07) is 8.77. The molecule has 2 saturated carbocycles. The van der Waals surface area contributed by atoms with Crippen LogP contribution in [0.25, 0.3) is 6.08 Å². The largest absolute Gasteiger partial charge is 1.00 e. The number of hydrogen-bond acceptors (Lipinski definition) is 1. The van der Waals surface area contributed by atoms with E-state index in [0.717, 1.165) is 5.92 Å². The summed E-state index contributed by atoms with van der Waals surface area (Å²) < 4.78 is 4.27. The van der Waals surface area contributed by atoms with Crippen LogP contribution in [0.5, 0.6) is 0 Å². The van der Waals surface area contributed by atoms with Crippen molar-refractivity contribution in [3.8, 4) is 0 Å². The zero-order valence-electron chi connectivity index (χ0n) is 14.8. The Labute approximate surface area is 172 Å². The quantitative estimate of drug-likeness (QED) is 0.495. The molecule has 6 heteroatoms. The van der Waals surface area contributed by atoms with Crippen LogP contribution in [0.2, 0.25) is 13.1 Å². The molecule has 1 amide bonds. The minimum atomic E-state index is -1.95. The second kappa shape index (κ2) is 8.87. The van der Waals surface area contributed by atoms with Gasteiger partial charge in [0.15, 0.2) is 0 Å².